The van der Waals surface area contributed by atoms with Gasteiger partial charge in [0.25, 0.3) is 0 Å². The molecule has 0 aliphatic carbocycles. The van der Waals surface area contributed by atoms with Crippen LogP contribution in [-0.2, 0) is 11.2 Å². The van der Waals surface area contributed by atoms with Crippen LogP contribution in [0.4, 0.5) is 0 Å². The molecule has 0 unspecified atom stereocenters. The van der Waals surface area contributed by atoms with Gasteiger partial charge in [-0.25, -0.2) is 4.79 Å². The van der Waals surface area contributed by atoms with Crippen molar-refractivity contribution in [2.45, 2.75) is 6.42 Å². The molecule has 0 saturated heterocycles. The Bertz CT molecular complexity index is 1230. The molecule has 0 aliphatic heterocycles. The monoisotopic (exact) mass is 414 g/mol. The maximum absolute atomic E-state index is 12.4. The van der Waals surface area contributed by atoms with Crippen LogP contribution < -0.4 is 4.74 Å². The first-order chi connectivity index (χ1) is 15.0. The lowest BCUT2D eigenvalue weighted by atomic mass is 10.00. The van der Waals surface area contributed by atoms with Crippen molar-refractivity contribution in [1.29, 1.82) is 0 Å². The topological polar surface area (TPSA) is 76.0 Å². The molecular weight excluding hydrogens is 392 g/mol. The number of methoxy groups -OCH3 is 1. The Morgan fingerprint density at radius 1 is 0.774 bits per heavy atom. The molecule has 0 saturated carbocycles. The highest BCUT2D eigenvalue weighted by molar-refractivity contribution is 5.96. The van der Waals surface area contributed by atoms with E-state index in [1.54, 1.807) is 19.2 Å². The summed E-state index contributed by atoms with van der Waals surface area (Å²) in [5.41, 5.74) is 3.43. The molecule has 31 heavy (non-hydrogen) atoms. The number of phenols is 2. The number of benzene rings is 4. The van der Waals surface area contributed by atoms with Crippen LogP contribution >= 0.6 is 0 Å². The molecule has 0 amide bonds. The fourth-order valence-corrected chi connectivity index (χ4v) is 3.41. The van der Waals surface area contributed by atoms with Gasteiger partial charge in [-0.15, -0.1) is 0 Å². The first-order valence-corrected chi connectivity index (χ1v) is 9.90. The summed E-state index contributed by atoms with van der Waals surface area (Å²) in [6.45, 7) is 0.178. The van der Waals surface area contributed by atoms with Crippen LogP contribution in [0.2, 0.25) is 0 Å². The smallest absolute Gasteiger partial charge is 0.338 e. The normalized spacial score (nSPS) is 10.7. The fraction of sp³-hybridized carbons (Fsp3) is 0.115. The predicted molar refractivity (Wildman–Crippen MR) is 120 cm³/mol. The van der Waals surface area contributed by atoms with Crippen LogP contribution in [0.15, 0.2) is 78.9 Å². The van der Waals surface area contributed by atoms with Crippen molar-refractivity contribution in [2.24, 2.45) is 0 Å². The highest BCUT2D eigenvalue weighted by Gasteiger charge is 2.09. The van der Waals surface area contributed by atoms with Gasteiger partial charge in [0.2, 0.25) is 0 Å². The molecule has 4 rings (SSSR count). The summed E-state index contributed by atoms with van der Waals surface area (Å²) < 4.78 is 10.6. The zero-order chi connectivity index (χ0) is 21.8. The second-order valence-corrected chi connectivity index (χ2v) is 7.21. The van der Waals surface area contributed by atoms with E-state index in [1.165, 1.54) is 12.1 Å². The number of hydrogen-bond acceptors (Lipinski definition) is 5. The first kappa shape index (κ1) is 20.3. The van der Waals surface area contributed by atoms with Crippen molar-refractivity contribution in [3.05, 3.63) is 90.0 Å². The molecule has 2 N–H and O–H groups in total. The highest BCUT2D eigenvalue weighted by atomic mass is 16.5. The maximum Gasteiger partial charge on any atom is 0.338 e. The summed E-state index contributed by atoms with van der Waals surface area (Å²) >= 11 is 0. The molecular formula is C26H22O5. The van der Waals surface area contributed by atoms with Gasteiger partial charge >= 0.3 is 5.97 Å². The van der Waals surface area contributed by atoms with E-state index in [0.717, 1.165) is 33.2 Å². The molecule has 0 radical (unpaired) electrons. The van der Waals surface area contributed by atoms with Crippen molar-refractivity contribution >= 4 is 16.7 Å². The van der Waals surface area contributed by atoms with Gasteiger partial charge in [-0.05, 0) is 69.9 Å². The third-order valence-corrected chi connectivity index (χ3v) is 5.16. The Labute approximate surface area is 180 Å². The summed E-state index contributed by atoms with van der Waals surface area (Å²) in [5, 5.41) is 20.9. The van der Waals surface area contributed by atoms with Gasteiger partial charge in [-0.3, -0.25) is 0 Å². The Balaban J connectivity index is 1.44. The van der Waals surface area contributed by atoms with Crippen LogP contribution in [0.3, 0.4) is 0 Å². The molecule has 4 aromatic rings. The van der Waals surface area contributed by atoms with Gasteiger partial charge in [-0.1, -0.05) is 36.4 Å². The minimum absolute atomic E-state index is 0.174. The lowest BCUT2D eigenvalue weighted by Gasteiger charge is -2.08. The van der Waals surface area contributed by atoms with E-state index in [0.29, 0.717) is 12.0 Å². The van der Waals surface area contributed by atoms with Crippen LogP contribution in [0.5, 0.6) is 17.2 Å². The van der Waals surface area contributed by atoms with E-state index >= 15 is 0 Å². The molecule has 0 heterocycles. The average molecular weight is 414 g/mol. The lowest BCUT2D eigenvalue weighted by molar-refractivity contribution is 0.0509. The quantitative estimate of drug-likeness (QED) is 0.330. The molecule has 0 aromatic heterocycles. The SMILES string of the molecule is COc1ccc(-c2ccc3cc(C(=O)OCCc4ccc(O)c(O)c4)ccc3c2)cc1. The zero-order valence-corrected chi connectivity index (χ0v) is 17.0. The van der Waals surface area contributed by atoms with Crippen molar-refractivity contribution < 1.29 is 24.5 Å². The zero-order valence-electron chi connectivity index (χ0n) is 17.0. The number of phenolic OH excluding ortho intramolecular Hbond substituents is 2. The Morgan fingerprint density at radius 3 is 2.23 bits per heavy atom. The van der Waals surface area contributed by atoms with Gasteiger partial charge < -0.3 is 19.7 Å². The van der Waals surface area contributed by atoms with E-state index in [-0.39, 0.29) is 18.1 Å². The largest absolute Gasteiger partial charge is 0.504 e. The van der Waals surface area contributed by atoms with Gasteiger partial charge in [0.1, 0.15) is 5.75 Å². The molecule has 0 bridgehead atoms. The van der Waals surface area contributed by atoms with E-state index in [1.807, 2.05) is 48.5 Å². The van der Waals surface area contributed by atoms with Crippen LogP contribution in [0, 0.1) is 0 Å². The van der Waals surface area contributed by atoms with Crippen molar-refractivity contribution in [1.82, 2.24) is 0 Å². The van der Waals surface area contributed by atoms with Crippen LogP contribution in [0.1, 0.15) is 15.9 Å². The van der Waals surface area contributed by atoms with E-state index in [9.17, 15) is 15.0 Å². The number of esters is 1. The fourth-order valence-electron chi connectivity index (χ4n) is 3.41. The second-order valence-electron chi connectivity index (χ2n) is 7.21. The number of aromatic hydroxyl groups is 2. The highest BCUT2D eigenvalue weighted by Crippen LogP contribution is 2.27. The van der Waals surface area contributed by atoms with E-state index in [4.69, 9.17) is 9.47 Å². The second kappa shape index (κ2) is 8.79. The third kappa shape index (κ3) is 4.61. The summed E-state index contributed by atoms with van der Waals surface area (Å²) in [6, 6.07) is 24.0. The van der Waals surface area contributed by atoms with Gasteiger partial charge in [0.05, 0.1) is 19.3 Å². The van der Waals surface area contributed by atoms with Gasteiger partial charge in [0, 0.05) is 6.42 Å². The number of rotatable bonds is 6. The average Bonchev–Trinajstić information content (AvgIpc) is 2.80. The molecule has 4 aromatic carbocycles. The molecule has 156 valence electrons. The van der Waals surface area contributed by atoms with Gasteiger partial charge in [0.15, 0.2) is 11.5 Å². The molecule has 0 atom stereocenters. The van der Waals surface area contributed by atoms with Crippen LogP contribution in [0.25, 0.3) is 21.9 Å². The summed E-state index contributed by atoms with van der Waals surface area (Å²) in [5.74, 6) is 0.0541. The molecule has 0 aliphatic rings. The molecule has 5 heteroatoms. The van der Waals surface area contributed by atoms with E-state index < -0.39 is 5.97 Å². The molecule has 0 spiro atoms. The molecule has 5 nitrogen and oxygen atoms in total. The minimum Gasteiger partial charge on any atom is -0.504 e. The maximum atomic E-state index is 12.4. The van der Waals surface area contributed by atoms with Crippen molar-refractivity contribution in [2.75, 3.05) is 13.7 Å². The van der Waals surface area contributed by atoms with Gasteiger partial charge in [-0.2, -0.15) is 0 Å². The number of hydrogen-bond donors (Lipinski definition) is 2. The van der Waals surface area contributed by atoms with Crippen molar-refractivity contribution in [3.63, 3.8) is 0 Å². The number of ether oxygens (including phenoxy) is 2. The number of carbonyl (C=O) groups excluding carboxylic acids is 1. The summed E-state index contributed by atoms with van der Waals surface area (Å²) in [7, 11) is 1.64. The lowest BCUT2D eigenvalue weighted by Crippen LogP contribution is -2.08. The van der Waals surface area contributed by atoms with E-state index in [2.05, 4.69) is 6.07 Å². The third-order valence-electron chi connectivity index (χ3n) is 5.16. The number of fused-ring (bicyclic) bond motifs is 1. The number of carbonyl (C=O) groups is 1. The summed E-state index contributed by atoms with van der Waals surface area (Å²) in [6.07, 6.45) is 0.443. The Hall–Kier alpha value is -3.99. The standard InChI is InChI=1S/C26H22O5/c1-30-23-9-7-18(8-10-23)19-3-4-21-16-22(6-5-20(21)15-19)26(29)31-13-12-17-2-11-24(27)25(28)14-17/h2-11,14-16,27-28H,12-13H2,1H3. The van der Waals surface area contributed by atoms with Crippen molar-refractivity contribution in [3.8, 4) is 28.4 Å². The molecule has 0 fully saturated rings. The Kier molecular flexibility index (Phi) is 5.76. The van der Waals surface area contributed by atoms with Crippen LogP contribution in [-0.4, -0.2) is 29.9 Å². The predicted octanol–water partition coefficient (Wildman–Crippen LogP) is 5.33. The Morgan fingerprint density at radius 2 is 1.48 bits per heavy atom. The first-order valence-electron chi connectivity index (χ1n) is 9.90. The summed E-state index contributed by atoms with van der Waals surface area (Å²) in [4.78, 5) is 12.4. The minimum atomic E-state index is -0.399.